The summed E-state index contributed by atoms with van der Waals surface area (Å²) in [5.74, 6) is 0.00494. The maximum atomic E-state index is 11.5. The topological polar surface area (TPSA) is 90.7 Å². The summed E-state index contributed by atoms with van der Waals surface area (Å²) in [5.41, 5.74) is 7.50. The Hall–Kier alpha value is -2.63. The van der Waals surface area contributed by atoms with Crippen LogP contribution < -0.4 is 5.73 Å². The standard InChI is InChI=1S/C14H15N3O3/c1-10(15)17-12-4-2-3-11(7-12)5-6-20-14(18)13-8-19-9-16-13/h2-4,7-9H,5-6H2,1H3,(H2,15,17). The Kier molecular flexibility index (Phi) is 4.49. The molecule has 6 heteroatoms. The van der Waals surface area contributed by atoms with E-state index < -0.39 is 5.97 Å². The number of oxazole rings is 1. The predicted molar refractivity (Wildman–Crippen MR) is 73.9 cm³/mol. The van der Waals surface area contributed by atoms with Crippen LogP contribution in [-0.2, 0) is 11.2 Å². The molecule has 20 heavy (non-hydrogen) atoms. The highest BCUT2D eigenvalue weighted by molar-refractivity contribution is 5.86. The normalized spacial score (nSPS) is 11.3. The van der Waals surface area contributed by atoms with Crippen LogP contribution in [0.2, 0.25) is 0 Å². The minimum absolute atomic E-state index is 0.169. The first kappa shape index (κ1) is 13.8. The lowest BCUT2D eigenvalue weighted by molar-refractivity contribution is 0.0502. The molecule has 6 nitrogen and oxygen atoms in total. The lowest BCUT2D eigenvalue weighted by Crippen LogP contribution is -2.08. The number of carbonyl (C=O) groups excluding carboxylic acids is 1. The van der Waals surface area contributed by atoms with Crippen molar-refractivity contribution in [2.45, 2.75) is 13.3 Å². The van der Waals surface area contributed by atoms with Crippen molar-refractivity contribution in [1.29, 1.82) is 0 Å². The molecular formula is C14H15N3O3. The van der Waals surface area contributed by atoms with Gasteiger partial charge in [0.15, 0.2) is 12.1 Å². The van der Waals surface area contributed by atoms with Gasteiger partial charge in [0.2, 0.25) is 0 Å². The van der Waals surface area contributed by atoms with Gasteiger partial charge >= 0.3 is 5.97 Å². The van der Waals surface area contributed by atoms with Gasteiger partial charge < -0.3 is 14.9 Å². The van der Waals surface area contributed by atoms with Crippen LogP contribution in [0.25, 0.3) is 0 Å². The van der Waals surface area contributed by atoms with E-state index in [0.717, 1.165) is 11.3 Å². The predicted octanol–water partition coefficient (Wildman–Crippen LogP) is 2.08. The second kappa shape index (κ2) is 6.51. The smallest absolute Gasteiger partial charge is 0.360 e. The minimum Gasteiger partial charge on any atom is -0.461 e. The number of aromatic nitrogens is 1. The molecule has 0 aliphatic carbocycles. The van der Waals surface area contributed by atoms with E-state index in [2.05, 4.69) is 9.98 Å². The fourth-order valence-corrected chi connectivity index (χ4v) is 1.63. The molecule has 0 saturated heterocycles. The zero-order chi connectivity index (χ0) is 14.4. The molecule has 2 aromatic rings. The molecule has 0 atom stereocenters. The van der Waals surface area contributed by atoms with Gasteiger partial charge in [-0.05, 0) is 24.6 Å². The lowest BCUT2D eigenvalue weighted by atomic mass is 10.1. The van der Waals surface area contributed by atoms with Gasteiger partial charge in [0.05, 0.1) is 18.1 Å². The van der Waals surface area contributed by atoms with E-state index in [4.69, 9.17) is 14.9 Å². The Morgan fingerprint density at radius 1 is 1.50 bits per heavy atom. The number of aliphatic imine (C=N–C) groups is 1. The van der Waals surface area contributed by atoms with Crippen molar-refractivity contribution < 1.29 is 13.9 Å². The van der Waals surface area contributed by atoms with E-state index in [1.54, 1.807) is 6.92 Å². The van der Waals surface area contributed by atoms with Crippen LogP contribution in [0.4, 0.5) is 5.69 Å². The number of hydrogen-bond donors (Lipinski definition) is 1. The number of ether oxygens (including phenoxy) is 1. The van der Waals surface area contributed by atoms with Crippen LogP contribution >= 0.6 is 0 Å². The van der Waals surface area contributed by atoms with Crippen LogP contribution in [0.3, 0.4) is 0 Å². The van der Waals surface area contributed by atoms with E-state index in [-0.39, 0.29) is 12.3 Å². The highest BCUT2D eigenvalue weighted by Gasteiger charge is 2.09. The van der Waals surface area contributed by atoms with Gasteiger partial charge in [0.25, 0.3) is 0 Å². The number of esters is 1. The molecule has 1 aromatic carbocycles. The van der Waals surface area contributed by atoms with E-state index in [1.807, 2.05) is 24.3 Å². The van der Waals surface area contributed by atoms with Crippen LogP contribution in [0.15, 0.2) is 46.3 Å². The molecule has 0 bridgehead atoms. The maximum Gasteiger partial charge on any atom is 0.360 e. The van der Waals surface area contributed by atoms with Gasteiger partial charge in [-0.25, -0.2) is 14.8 Å². The lowest BCUT2D eigenvalue weighted by Gasteiger charge is -2.04. The Morgan fingerprint density at radius 3 is 3.05 bits per heavy atom. The number of hydrogen-bond acceptors (Lipinski definition) is 5. The SMILES string of the molecule is CC(N)=Nc1cccc(CCOC(=O)c2cocn2)c1. The molecule has 0 spiro atoms. The van der Waals surface area contributed by atoms with Crippen molar-refractivity contribution in [2.24, 2.45) is 10.7 Å². The third-order valence-corrected chi connectivity index (χ3v) is 2.48. The Balaban J connectivity index is 1.88. The molecule has 0 aliphatic rings. The maximum absolute atomic E-state index is 11.5. The van der Waals surface area contributed by atoms with E-state index >= 15 is 0 Å². The number of nitrogens with zero attached hydrogens (tertiary/aromatic N) is 2. The first-order valence-electron chi connectivity index (χ1n) is 6.10. The average molecular weight is 273 g/mol. The molecule has 0 radical (unpaired) electrons. The molecule has 1 heterocycles. The Labute approximate surface area is 116 Å². The zero-order valence-electron chi connectivity index (χ0n) is 11.1. The zero-order valence-corrected chi connectivity index (χ0v) is 11.1. The van der Waals surface area contributed by atoms with E-state index in [1.165, 1.54) is 12.7 Å². The fourth-order valence-electron chi connectivity index (χ4n) is 1.63. The molecule has 2 N–H and O–H groups in total. The van der Waals surface area contributed by atoms with E-state index in [0.29, 0.717) is 12.3 Å². The summed E-state index contributed by atoms with van der Waals surface area (Å²) >= 11 is 0. The second-order valence-corrected chi connectivity index (χ2v) is 4.18. The summed E-state index contributed by atoms with van der Waals surface area (Å²) < 4.78 is 9.80. The van der Waals surface area contributed by atoms with Gasteiger partial charge in [0, 0.05) is 6.42 Å². The van der Waals surface area contributed by atoms with Gasteiger partial charge in [0.1, 0.15) is 6.26 Å². The van der Waals surface area contributed by atoms with Gasteiger partial charge in [-0.1, -0.05) is 12.1 Å². The van der Waals surface area contributed by atoms with E-state index in [9.17, 15) is 4.79 Å². The quantitative estimate of drug-likeness (QED) is 0.511. The summed E-state index contributed by atoms with van der Waals surface area (Å²) in [6, 6.07) is 7.59. The van der Waals surface area contributed by atoms with Gasteiger partial charge in [-0.15, -0.1) is 0 Å². The Morgan fingerprint density at radius 2 is 2.35 bits per heavy atom. The van der Waals surface area contributed by atoms with Crippen LogP contribution in [-0.4, -0.2) is 23.4 Å². The van der Waals surface area contributed by atoms with Crippen LogP contribution in [0.5, 0.6) is 0 Å². The van der Waals surface area contributed by atoms with Crippen molar-refractivity contribution in [2.75, 3.05) is 6.61 Å². The second-order valence-electron chi connectivity index (χ2n) is 4.18. The third kappa shape index (κ3) is 3.94. The number of carbonyl (C=O) groups is 1. The average Bonchev–Trinajstić information content (AvgIpc) is 2.92. The first-order valence-corrected chi connectivity index (χ1v) is 6.10. The summed E-state index contributed by atoms with van der Waals surface area (Å²) in [4.78, 5) is 19.4. The summed E-state index contributed by atoms with van der Waals surface area (Å²) in [5, 5.41) is 0. The fraction of sp³-hybridized carbons (Fsp3) is 0.214. The number of amidine groups is 1. The van der Waals surface area contributed by atoms with Gasteiger partial charge in [-0.2, -0.15) is 0 Å². The van der Waals surface area contributed by atoms with Crippen molar-refractivity contribution in [3.63, 3.8) is 0 Å². The molecule has 0 amide bonds. The largest absolute Gasteiger partial charge is 0.461 e. The monoisotopic (exact) mass is 273 g/mol. The minimum atomic E-state index is -0.495. The number of rotatable bonds is 5. The highest BCUT2D eigenvalue weighted by Crippen LogP contribution is 2.14. The molecular weight excluding hydrogens is 258 g/mol. The Bertz CT molecular complexity index is 602. The molecule has 0 aliphatic heterocycles. The molecule has 2 rings (SSSR count). The third-order valence-electron chi connectivity index (χ3n) is 2.48. The van der Waals surface area contributed by atoms with Crippen molar-refractivity contribution >= 4 is 17.5 Å². The highest BCUT2D eigenvalue weighted by atomic mass is 16.5. The van der Waals surface area contributed by atoms with Crippen molar-refractivity contribution in [3.8, 4) is 0 Å². The van der Waals surface area contributed by atoms with Crippen LogP contribution in [0, 0.1) is 0 Å². The number of nitrogens with two attached hydrogens (primary N) is 1. The van der Waals surface area contributed by atoms with Crippen molar-refractivity contribution in [1.82, 2.24) is 4.98 Å². The molecule has 0 saturated carbocycles. The molecule has 0 unspecified atom stereocenters. The van der Waals surface area contributed by atoms with Gasteiger partial charge in [-0.3, -0.25) is 0 Å². The number of benzene rings is 1. The first-order chi connectivity index (χ1) is 9.65. The summed E-state index contributed by atoms with van der Waals surface area (Å²) in [6.07, 6.45) is 3.03. The molecule has 1 aromatic heterocycles. The van der Waals surface area contributed by atoms with Crippen molar-refractivity contribution in [3.05, 3.63) is 48.2 Å². The molecule has 0 fully saturated rings. The van der Waals surface area contributed by atoms with Crippen LogP contribution in [0.1, 0.15) is 23.0 Å². The summed E-state index contributed by atoms with van der Waals surface area (Å²) in [7, 11) is 0. The summed E-state index contributed by atoms with van der Waals surface area (Å²) in [6.45, 7) is 1.99. The molecule has 104 valence electrons.